The molecule has 0 spiro atoms. The van der Waals surface area contributed by atoms with Gasteiger partial charge in [-0.15, -0.1) is 0 Å². The number of urea groups is 1. The minimum absolute atomic E-state index is 0.0853. The van der Waals surface area contributed by atoms with E-state index in [0.29, 0.717) is 4.90 Å². The zero-order valence-electron chi connectivity index (χ0n) is 5.81. The molecule has 0 aromatic rings. The maximum Gasteiger partial charge on any atom is 0.331 e. The van der Waals surface area contributed by atoms with Crippen LogP contribution in [0.5, 0.6) is 0 Å². The summed E-state index contributed by atoms with van der Waals surface area (Å²) in [6.07, 6.45) is -1.01. The highest BCUT2D eigenvalue weighted by Gasteiger charge is 2.34. The van der Waals surface area contributed by atoms with Gasteiger partial charge in [-0.25, -0.2) is 9.69 Å². The van der Waals surface area contributed by atoms with Gasteiger partial charge in [-0.3, -0.25) is 15.1 Å². The van der Waals surface area contributed by atoms with Crippen LogP contribution in [0.4, 0.5) is 4.79 Å². The summed E-state index contributed by atoms with van der Waals surface area (Å²) in [5.74, 6) is 0.0853. The first-order valence-corrected chi connectivity index (χ1v) is 2.90. The number of aliphatic hydroxyl groups excluding tert-OH is 1. The fraction of sp³-hybridized carbons (Fsp3) is 0.400. The van der Waals surface area contributed by atoms with E-state index in [1.807, 2.05) is 0 Å². The Kier molecular flexibility index (Phi) is 1.86. The zero-order valence-corrected chi connectivity index (χ0v) is 5.81. The molecule has 1 fully saturated rings. The number of amides is 3. The van der Waals surface area contributed by atoms with E-state index in [2.05, 4.69) is 10.3 Å². The van der Waals surface area contributed by atoms with E-state index in [1.54, 1.807) is 0 Å². The Labute approximate surface area is 62.5 Å². The molecule has 1 rings (SSSR count). The lowest BCUT2D eigenvalue weighted by molar-refractivity contribution is -0.119. The van der Waals surface area contributed by atoms with Crippen molar-refractivity contribution in [1.82, 2.24) is 10.2 Å². The van der Waals surface area contributed by atoms with Crippen LogP contribution in [0.15, 0.2) is 4.99 Å². The molecule has 0 radical (unpaired) electrons. The van der Waals surface area contributed by atoms with Crippen LogP contribution in [0.25, 0.3) is 0 Å². The third kappa shape index (κ3) is 1.07. The number of rotatable bonds is 1. The van der Waals surface area contributed by atoms with E-state index in [1.165, 1.54) is 7.05 Å². The second-order valence-corrected chi connectivity index (χ2v) is 1.93. The van der Waals surface area contributed by atoms with Crippen molar-refractivity contribution in [3.8, 4) is 0 Å². The van der Waals surface area contributed by atoms with Gasteiger partial charge in [-0.2, -0.15) is 0 Å². The first-order chi connectivity index (χ1) is 5.20. The molecule has 6 nitrogen and oxygen atoms in total. The number of imide groups is 1. The van der Waals surface area contributed by atoms with Crippen LogP contribution in [0.2, 0.25) is 0 Å². The number of carbonyl (C=O) groups is 2. The van der Waals surface area contributed by atoms with Crippen LogP contribution in [0.1, 0.15) is 0 Å². The van der Waals surface area contributed by atoms with E-state index in [0.717, 1.165) is 0 Å². The molecule has 0 saturated carbocycles. The summed E-state index contributed by atoms with van der Waals surface area (Å²) in [6.45, 7) is 0. The van der Waals surface area contributed by atoms with Crippen LogP contribution in [-0.2, 0) is 4.79 Å². The SMILES string of the molecule is CN=C1NC(=O)N(C=O)C1O. The topological polar surface area (TPSA) is 82.0 Å². The number of aliphatic hydroxyl groups is 1. The Morgan fingerprint density at radius 2 is 2.45 bits per heavy atom. The maximum atomic E-state index is 10.7. The Morgan fingerprint density at radius 1 is 1.82 bits per heavy atom. The highest BCUT2D eigenvalue weighted by molar-refractivity contribution is 6.09. The van der Waals surface area contributed by atoms with Crippen molar-refractivity contribution in [2.45, 2.75) is 6.23 Å². The number of amidine groups is 1. The second-order valence-electron chi connectivity index (χ2n) is 1.93. The van der Waals surface area contributed by atoms with Crippen LogP contribution >= 0.6 is 0 Å². The average Bonchev–Trinajstić information content (AvgIpc) is 2.26. The summed E-state index contributed by atoms with van der Waals surface area (Å²) in [6, 6.07) is -0.659. The summed E-state index contributed by atoms with van der Waals surface area (Å²) < 4.78 is 0. The molecule has 11 heavy (non-hydrogen) atoms. The Morgan fingerprint density at radius 3 is 2.73 bits per heavy atom. The zero-order chi connectivity index (χ0) is 8.43. The Balaban J connectivity index is 2.87. The van der Waals surface area contributed by atoms with Gasteiger partial charge >= 0.3 is 6.03 Å². The van der Waals surface area contributed by atoms with Gasteiger partial charge in [0.05, 0.1) is 0 Å². The minimum atomic E-state index is -1.26. The van der Waals surface area contributed by atoms with Gasteiger partial charge in [-0.05, 0) is 0 Å². The van der Waals surface area contributed by atoms with Crippen molar-refractivity contribution in [3.63, 3.8) is 0 Å². The lowest BCUT2D eigenvalue weighted by atomic mass is 10.5. The van der Waals surface area contributed by atoms with Crippen molar-refractivity contribution >= 4 is 18.3 Å². The lowest BCUT2D eigenvalue weighted by Gasteiger charge is -2.07. The number of aliphatic imine (C=N–C) groups is 1. The number of hydrogen-bond donors (Lipinski definition) is 2. The number of nitrogens with zero attached hydrogens (tertiary/aromatic N) is 2. The fourth-order valence-electron chi connectivity index (χ4n) is 0.758. The quantitative estimate of drug-likeness (QED) is 0.455. The standard InChI is InChI=1S/C5H7N3O3/c1-6-3-4(10)8(2-9)5(11)7-3/h2,4,10H,1H3,(H,6,7,11). The van der Waals surface area contributed by atoms with Gasteiger partial charge in [-0.1, -0.05) is 0 Å². The third-order valence-electron chi connectivity index (χ3n) is 1.33. The smallest absolute Gasteiger partial charge is 0.331 e. The molecular formula is C5H7N3O3. The molecule has 1 atom stereocenters. The first-order valence-electron chi connectivity index (χ1n) is 2.90. The van der Waals surface area contributed by atoms with Gasteiger partial charge in [0.2, 0.25) is 6.41 Å². The minimum Gasteiger partial charge on any atom is -0.366 e. The van der Waals surface area contributed by atoms with E-state index in [4.69, 9.17) is 5.11 Å². The number of carbonyl (C=O) groups excluding carboxylic acids is 2. The first kappa shape index (κ1) is 7.67. The summed E-state index contributed by atoms with van der Waals surface area (Å²) in [5, 5.41) is 11.3. The maximum absolute atomic E-state index is 10.7. The third-order valence-corrected chi connectivity index (χ3v) is 1.33. The fourth-order valence-corrected chi connectivity index (χ4v) is 0.758. The van der Waals surface area contributed by atoms with Gasteiger partial charge < -0.3 is 5.11 Å². The molecule has 1 aliphatic rings. The highest BCUT2D eigenvalue weighted by Crippen LogP contribution is 2.02. The predicted octanol–water partition coefficient (Wildman–Crippen LogP) is -1.49. The molecule has 1 heterocycles. The Hall–Kier alpha value is -1.43. The average molecular weight is 157 g/mol. The normalized spacial score (nSPS) is 27.5. The van der Waals surface area contributed by atoms with Crippen molar-refractivity contribution in [1.29, 1.82) is 0 Å². The summed E-state index contributed by atoms with van der Waals surface area (Å²) >= 11 is 0. The molecule has 0 aromatic heterocycles. The summed E-state index contributed by atoms with van der Waals surface area (Å²) in [5.41, 5.74) is 0. The summed E-state index contributed by atoms with van der Waals surface area (Å²) in [7, 11) is 1.41. The monoisotopic (exact) mass is 157 g/mol. The van der Waals surface area contributed by atoms with Crippen LogP contribution in [0.3, 0.4) is 0 Å². The van der Waals surface area contributed by atoms with Crippen LogP contribution in [-0.4, -0.2) is 41.6 Å². The van der Waals surface area contributed by atoms with Crippen molar-refractivity contribution in [3.05, 3.63) is 0 Å². The molecule has 1 aliphatic heterocycles. The number of hydrogen-bond acceptors (Lipinski definition) is 4. The van der Waals surface area contributed by atoms with E-state index < -0.39 is 12.3 Å². The molecule has 0 aliphatic carbocycles. The molecule has 0 aromatic carbocycles. The van der Waals surface area contributed by atoms with E-state index >= 15 is 0 Å². The molecule has 2 N–H and O–H groups in total. The molecule has 0 bridgehead atoms. The van der Waals surface area contributed by atoms with E-state index in [-0.39, 0.29) is 12.2 Å². The summed E-state index contributed by atoms with van der Waals surface area (Å²) in [4.78, 5) is 25.0. The van der Waals surface area contributed by atoms with Crippen LogP contribution < -0.4 is 5.32 Å². The Bertz CT molecular complexity index is 225. The van der Waals surface area contributed by atoms with Gasteiger partial charge in [0.15, 0.2) is 12.1 Å². The molecule has 1 saturated heterocycles. The van der Waals surface area contributed by atoms with Gasteiger partial charge in [0, 0.05) is 7.05 Å². The van der Waals surface area contributed by atoms with Crippen molar-refractivity contribution in [2.75, 3.05) is 7.05 Å². The molecular weight excluding hydrogens is 150 g/mol. The van der Waals surface area contributed by atoms with E-state index in [9.17, 15) is 9.59 Å². The van der Waals surface area contributed by atoms with Crippen molar-refractivity contribution in [2.24, 2.45) is 4.99 Å². The second kappa shape index (κ2) is 2.67. The molecule has 1 unspecified atom stereocenters. The number of nitrogens with one attached hydrogen (secondary N) is 1. The molecule has 3 amide bonds. The highest BCUT2D eigenvalue weighted by atomic mass is 16.3. The largest absolute Gasteiger partial charge is 0.366 e. The molecule has 60 valence electrons. The molecule has 6 heteroatoms. The predicted molar refractivity (Wildman–Crippen MR) is 35.8 cm³/mol. The lowest BCUT2D eigenvalue weighted by Crippen LogP contribution is -2.33. The van der Waals surface area contributed by atoms with Gasteiger partial charge in [0.25, 0.3) is 0 Å². The van der Waals surface area contributed by atoms with Crippen molar-refractivity contribution < 1.29 is 14.7 Å². The van der Waals surface area contributed by atoms with Gasteiger partial charge in [0.1, 0.15) is 0 Å². The van der Waals surface area contributed by atoms with Crippen LogP contribution in [0, 0.1) is 0 Å².